The van der Waals surface area contributed by atoms with Crippen LogP contribution in [0.4, 0.5) is 0 Å². The molecule has 3 nitrogen and oxygen atoms in total. The molecule has 0 amide bonds. The van der Waals surface area contributed by atoms with E-state index < -0.39 is 5.60 Å². The molecule has 1 aromatic carbocycles. The van der Waals surface area contributed by atoms with E-state index in [-0.39, 0.29) is 28.3 Å². The van der Waals surface area contributed by atoms with Crippen LogP contribution in [0, 0.1) is 34.0 Å². The number of carbonyl (C=O) groups excluding carboxylic acids is 1. The van der Waals surface area contributed by atoms with Crippen molar-refractivity contribution < 1.29 is 14.6 Å². The molecule has 7 atom stereocenters. The number of esters is 1. The molecule has 0 saturated heterocycles. The first kappa shape index (κ1) is 22.2. The van der Waals surface area contributed by atoms with Crippen molar-refractivity contribution in [3.05, 3.63) is 42.0 Å². The van der Waals surface area contributed by atoms with Gasteiger partial charge in [-0.15, -0.1) is 0 Å². The first-order valence-corrected chi connectivity index (χ1v) is 12.7. The molecule has 6 rings (SSSR count). The van der Waals surface area contributed by atoms with Crippen LogP contribution in [0.25, 0.3) is 6.08 Å². The summed E-state index contributed by atoms with van der Waals surface area (Å²) in [5.41, 5.74) is 0.809. The number of carbonyl (C=O) groups is 1. The molecule has 0 aliphatic heterocycles. The molecule has 0 unspecified atom stereocenters. The summed E-state index contributed by atoms with van der Waals surface area (Å²) in [6.45, 7) is 9.42. The minimum absolute atomic E-state index is 0.0901. The molecule has 174 valence electrons. The van der Waals surface area contributed by atoms with Gasteiger partial charge in [-0.3, -0.25) is 0 Å². The van der Waals surface area contributed by atoms with Crippen molar-refractivity contribution in [1.82, 2.24) is 0 Å². The number of aliphatic hydroxyl groups is 1. The molecular weight excluding hydrogens is 396 g/mol. The molecule has 1 aromatic rings. The third-order valence-corrected chi connectivity index (χ3v) is 10.4. The lowest BCUT2D eigenvalue weighted by Gasteiger charge is -2.71. The van der Waals surface area contributed by atoms with Gasteiger partial charge in [-0.2, -0.15) is 0 Å². The average Bonchev–Trinajstić information content (AvgIpc) is 2.73. The standard InChI is InChI=1S/C29H40O3/c1-26(2)14-8-15-27(3)22(26)18-24(32-25(30)12-11-20-9-6-5-7-10-20)29-16-13-21(17-23(27)29)28(4,31)19-29/h5-7,9-12,21-24,31H,8,13-19H2,1-4H3/t21-,22-,23+,24-,27-,28+,29+/m1/s1. The maximum absolute atomic E-state index is 13.0. The van der Waals surface area contributed by atoms with Gasteiger partial charge in [0, 0.05) is 11.5 Å². The third-order valence-electron chi connectivity index (χ3n) is 10.4. The van der Waals surface area contributed by atoms with Crippen molar-refractivity contribution in [1.29, 1.82) is 0 Å². The van der Waals surface area contributed by atoms with Gasteiger partial charge >= 0.3 is 5.97 Å². The lowest BCUT2D eigenvalue weighted by atomic mass is 9.35. The molecule has 1 spiro atoms. The highest BCUT2D eigenvalue weighted by atomic mass is 16.5. The van der Waals surface area contributed by atoms with E-state index in [1.54, 1.807) is 6.08 Å². The summed E-state index contributed by atoms with van der Waals surface area (Å²) < 4.78 is 6.35. The minimum atomic E-state index is -0.646. The summed E-state index contributed by atoms with van der Waals surface area (Å²) in [5.74, 6) is 1.23. The number of rotatable bonds is 3. The topological polar surface area (TPSA) is 46.5 Å². The Bertz CT molecular complexity index is 900. The Morgan fingerprint density at radius 2 is 1.78 bits per heavy atom. The first-order valence-electron chi connectivity index (χ1n) is 12.7. The number of hydrogen-bond donors (Lipinski definition) is 1. The van der Waals surface area contributed by atoms with Crippen LogP contribution in [0.3, 0.4) is 0 Å². The highest BCUT2D eigenvalue weighted by Gasteiger charge is 2.69. The molecule has 3 heteroatoms. The molecule has 1 N–H and O–H groups in total. The lowest BCUT2D eigenvalue weighted by Crippen LogP contribution is -2.69. The van der Waals surface area contributed by atoms with Crippen molar-refractivity contribution in [2.75, 3.05) is 0 Å². The molecule has 5 fully saturated rings. The molecule has 5 saturated carbocycles. The van der Waals surface area contributed by atoms with Crippen molar-refractivity contribution in [3.8, 4) is 0 Å². The Hall–Kier alpha value is -1.61. The Balaban J connectivity index is 1.48. The van der Waals surface area contributed by atoms with Crippen LogP contribution in [0.5, 0.6) is 0 Å². The molecule has 0 heterocycles. The smallest absolute Gasteiger partial charge is 0.331 e. The zero-order valence-electron chi connectivity index (χ0n) is 20.3. The third kappa shape index (κ3) is 3.38. The SMILES string of the molecule is CC1(C)CCC[C@]2(C)[C@@H]1C[C@@H](OC(=O)C=Cc1ccccc1)[C@]13CC[C@H](C[C@@H]21)[C@@](C)(O)C3. The molecule has 32 heavy (non-hydrogen) atoms. The minimum Gasteiger partial charge on any atom is -0.459 e. The molecular formula is C29H40O3. The van der Waals surface area contributed by atoms with Crippen LogP contribution in [-0.4, -0.2) is 22.8 Å². The predicted octanol–water partition coefficient (Wildman–Crippen LogP) is 6.41. The van der Waals surface area contributed by atoms with E-state index in [0.29, 0.717) is 17.8 Å². The maximum Gasteiger partial charge on any atom is 0.331 e. The molecule has 5 aliphatic rings. The molecule has 0 radical (unpaired) electrons. The average molecular weight is 437 g/mol. The lowest BCUT2D eigenvalue weighted by molar-refractivity contribution is -0.271. The fourth-order valence-corrected chi connectivity index (χ4v) is 8.96. The van der Waals surface area contributed by atoms with Gasteiger partial charge in [-0.05, 0) is 92.1 Å². The van der Waals surface area contributed by atoms with E-state index in [0.717, 1.165) is 37.7 Å². The predicted molar refractivity (Wildman–Crippen MR) is 128 cm³/mol. The van der Waals surface area contributed by atoms with Crippen molar-refractivity contribution >= 4 is 12.0 Å². The molecule has 5 aliphatic carbocycles. The van der Waals surface area contributed by atoms with Gasteiger partial charge in [0.15, 0.2) is 0 Å². The fraction of sp³-hybridized carbons (Fsp3) is 0.690. The van der Waals surface area contributed by atoms with Crippen LogP contribution in [0.15, 0.2) is 36.4 Å². The van der Waals surface area contributed by atoms with Crippen molar-refractivity contribution in [3.63, 3.8) is 0 Å². The van der Waals surface area contributed by atoms with Gasteiger partial charge in [0.2, 0.25) is 0 Å². The summed E-state index contributed by atoms with van der Waals surface area (Å²) >= 11 is 0. The molecule has 0 aromatic heterocycles. The van der Waals surface area contributed by atoms with Gasteiger partial charge in [-0.1, -0.05) is 57.5 Å². The van der Waals surface area contributed by atoms with E-state index in [1.807, 2.05) is 43.3 Å². The number of benzene rings is 1. The zero-order chi connectivity index (χ0) is 22.8. The van der Waals surface area contributed by atoms with Gasteiger partial charge in [0.25, 0.3) is 0 Å². The normalized spacial score (nSPS) is 44.7. The van der Waals surface area contributed by atoms with Crippen LogP contribution in [0.2, 0.25) is 0 Å². The van der Waals surface area contributed by atoms with E-state index in [9.17, 15) is 9.90 Å². The van der Waals surface area contributed by atoms with Crippen LogP contribution >= 0.6 is 0 Å². The van der Waals surface area contributed by atoms with Gasteiger partial charge in [-0.25, -0.2) is 4.79 Å². The van der Waals surface area contributed by atoms with E-state index in [4.69, 9.17) is 4.74 Å². The highest BCUT2D eigenvalue weighted by Crippen LogP contribution is 2.73. The van der Waals surface area contributed by atoms with Crippen LogP contribution in [0.1, 0.15) is 84.6 Å². The summed E-state index contributed by atoms with van der Waals surface area (Å²) in [5, 5.41) is 11.3. The van der Waals surface area contributed by atoms with E-state index >= 15 is 0 Å². The second-order valence-electron chi connectivity index (χ2n) is 12.6. The summed E-state index contributed by atoms with van der Waals surface area (Å²) in [7, 11) is 0. The first-order chi connectivity index (χ1) is 15.1. The van der Waals surface area contributed by atoms with Gasteiger partial charge < -0.3 is 9.84 Å². The number of hydrogen-bond acceptors (Lipinski definition) is 3. The number of ether oxygens (including phenoxy) is 1. The Labute approximate surface area is 193 Å². The quantitative estimate of drug-likeness (QED) is 0.440. The Kier molecular flexibility index (Phi) is 5.17. The van der Waals surface area contributed by atoms with Crippen molar-refractivity contribution in [2.24, 2.45) is 34.0 Å². The number of fused-ring (bicyclic) bond motifs is 3. The van der Waals surface area contributed by atoms with Gasteiger partial charge in [0.05, 0.1) is 5.60 Å². The van der Waals surface area contributed by atoms with Crippen LogP contribution in [-0.2, 0) is 9.53 Å². The van der Waals surface area contributed by atoms with E-state index in [1.165, 1.54) is 19.3 Å². The summed E-state index contributed by atoms with van der Waals surface area (Å²) in [6, 6.07) is 9.92. The van der Waals surface area contributed by atoms with Crippen molar-refractivity contribution in [2.45, 2.75) is 90.8 Å². The molecule has 2 bridgehead atoms. The second kappa shape index (κ2) is 7.45. The van der Waals surface area contributed by atoms with Crippen LogP contribution < -0.4 is 0 Å². The fourth-order valence-electron chi connectivity index (χ4n) is 8.96. The zero-order valence-corrected chi connectivity index (χ0v) is 20.3. The maximum atomic E-state index is 13.0. The Morgan fingerprint density at radius 1 is 1.03 bits per heavy atom. The summed E-state index contributed by atoms with van der Waals surface area (Å²) in [6.07, 6.45) is 12.1. The monoisotopic (exact) mass is 436 g/mol. The summed E-state index contributed by atoms with van der Waals surface area (Å²) in [4.78, 5) is 13.0. The Morgan fingerprint density at radius 3 is 2.50 bits per heavy atom. The van der Waals surface area contributed by atoms with Gasteiger partial charge in [0.1, 0.15) is 6.10 Å². The largest absolute Gasteiger partial charge is 0.459 e. The highest BCUT2D eigenvalue weighted by molar-refractivity contribution is 5.87. The van der Waals surface area contributed by atoms with E-state index in [2.05, 4.69) is 20.8 Å². The second-order valence-corrected chi connectivity index (χ2v) is 12.6.